The summed E-state index contributed by atoms with van der Waals surface area (Å²) in [5.74, 6) is 0.409. The molecular formula is C14H21N3O4. The molecule has 1 unspecified atom stereocenters. The molecule has 1 aliphatic heterocycles. The lowest BCUT2D eigenvalue weighted by Gasteiger charge is -2.22. The molecule has 2 amide bonds. The van der Waals surface area contributed by atoms with E-state index in [0.29, 0.717) is 18.9 Å². The van der Waals surface area contributed by atoms with Crippen LogP contribution in [0.15, 0.2) is 10.6 Å². The van der Waals surface area contributed by atoms with Gasteiger partial charge in [0.15, 0.2) is 5.76 Å². The second-order valence-electron chi connectivity index (χ2n) is 5.01. The molecule has 0 bridgehead atoms. The summed E-state index contributed by atoms with van der Waals surface area (Å²) in [4.78, 5) is 25.1. The molecule has 0 saturated carbocycles. The van der Waals surface area contributed by atoms with Crippen LogP contribution in [0.1, 0.15) is 43.7 Å². The average molecular weight is 295 g/mol. The van der Waals surface area contributed by atoms with Crippen molar-refractivity contribution in [3.05, 3.63) is 17.5 Å². The van der Waals surface area contributed by atoms with Crippen LogP contribution >= 0.6 is 0 Å². The Morgan fingerprint density at radius 1 is 1.57 bits per heavy atom. The molecule has 1 saturated heterocycles. The highest BCUT2D eigenvalue weighted by molar-refractivity contribution is 5.76. The van der Waals surface area contributed by atoms with Crippen LogP contribution in [0.2, 0.25) is 0 Å². The van der Waals surface area contributed by atoms with Gasteiger partial charge in [0.1, 0.15) is 0 Å². The molecule has 7 heteroatoms. The van der Waals surface area contributed by atoms with E-state index in [-0.39, 0.29) is 31.0 Å². The van der Waals surface area contributed by atoms with E-state index in [2.05, 4.69) is 10.5 Å². The molecule has 0 aliphatic carbocycles. The van der Waals surface area contributed by atoms with Crippen molar-refractivity contribution in [2.75, 3.05) is 19.7 Å². The van der Waals surface area contributed by atoms with Crippen LogP contribution in [0.4, 0.5) is 4.79 Å². The summed E-state index contributed by atoms with van der Waals surface area (Å²) in [5.41, 5.74) is 0.805. The first-order chi connectivity index (χ1) is 10.1. The number of likely N-dealkylation sites (tertiary alicyclic amines) is 1. The number of aromatic nitrogens is 1. The van der Waals surface area contributed by atoms with E-state index in [0.717, 1.165) is 18.5 Å². The summed E-state index contributed by atoms with van der Waals surface area (Å²) in [6.45, 7) is 4.91. The van der Waals surface area contributed by atoms with E-state index >= 15 is 0 Å². The molecule has 0 aromatic carbocycles. The Hall–Kier alpha value is -2.05. The number of aryl methyl sites for hydroxylation is 1. The zero-order valence-electron chi connectivity index (χ0n) is 12.4. The number of esters is 1. The lowest BCUT2D eigenvalue weighted by Crippen LogP contribution is -2.40. The lowest BCUT2D eigenvalue weighted by atomic mass is 10.1. The van der Waals surface area contributed by atoms with Gasteiger partial charge in [-0.25, -0.2) is 4.79 Å². The van der Waals surface area contributed by atoms with Gasteiger partial charge in [-0.15, -0.1) is 0 Å². The van der Waals surface area contributed by atoms with Gasteiger partial charge in [0.25, 0.3) is 0 Å². The predicted octanol–water partition coefficient (Wildman–Crippen LogP) is 1.78. The number of rotatable bonds is 5. The molecule has 2 rings (SSSR count). The van der Waals surface area contributed by atoms with Gasteiger partial charge in [-0.05, 0) is 26.7 Å². The van der Waals surface area contributed by atoms with E-state index in [1.807, 2.05) is 13.0 Å². The minimum Gasteiger partial charge on any atom is -0.466 e. The van der Waals surface area contributed by atoms with Crippen molar-refractivity contribution in [3.63, 3.8) is 0 Å². The Morgan fingerprint density at radius 3 is 3.05 bits per heavy atom. The molecule has 7 nitrogen and oxygen atoms in total. The molecule has 1 aromatic heterocycles. The van der Waals surface area contributed by atoms with Crippen molar-refractivity contribution < 1.29 is 18.8 Å². The van der Waals surface area contributed by atoms with Gasteiger partial charge in [0, 0.05) is 19.2 Å². The summed E-state index contributed by atoms with van der Waals surface area (Å²) in [7, 11) is 0. The average Bonchev–Trinajstić information content (AvgIpc) is 3.07. The largest absolute Gasteiger partial charge is 0.466 e. The zero-order chi connectivity index (χ0) is 15.2. The van der Waals surface area contributed by atoms with Crippen molar-refractivity contribution in [2.24, 2.45) is 0 Å². The van der Waals surface area contributed by atoms with Crippen molar-refractivity contribution in [2.45, 2.75) is 39.2 Å². The SMILES string of the molecule is CCOC(=O)CCNC(=O)N1CCCC1c1cc(C)no1. The third-order valence-corrected chi connectivity index (χ3v) is 3.40. The lowest BCUT2D eigenvalue weighted by molar-refractivity contribution is -0.142. The number of ether oxygens (including phenoxy) is 1. The third kappa shape index (κ3) is 3.96. The first kappa shape index (κ1) is 15.3. The summed E-state index contributed by atoms with van der Waals surface area (Å²) >= 11 is 0. The molecular weight excluding hydrogens is 274 g/mol. The fourth-order valence-corrected chi connectivity index (χ4v) is 2.45. The van der Waals surface area contributed by atoms with Gasteiger partial charge in [0.05, 0.1) is 24.8 Å². The Labute approximate surface area is 123 Å². The Bertz CT molecular complexity index is 500. The van der Waals surface area contributed by atoms with Crippen LogP contribution < -0.4 is 5.32 Å². The third-order valence-electron chi connectivity index (χ3n) is 3.40. The number of amides is 2. The van der Waals surface area contributed by atoms with Crippen LogP contribution in [-0.4, -0.2) is 41.8 Å². The first-order valence-electron chi connectivity index (χ1n) is 7.25. The number of carbonyl (C=O) groups excluding carboxylic acids is 2. The highest BCUT2D eigenvalue weighted by Gasteiger charge is 2.32. The van der Waals surface area contributed by atoms with Crippen molar-refractivity contribution in [3.8, 4) is 0 Å². The number of hydrogen-bond donors (Lipinski definition) is 1. The van der Waals surface area contributed by atoms with E-state index in [9.17, 15) is 9.59 Å². The number of nitrogens with one attached hydrogen (secondary N) is 1. The van der Waals surface area contributed by atoms with Crippen molar-refractivity contribution >= 4 is 12.0 Å². The summed E-state index contributed by atoms with van der Waals surface area (Å²) in [5, 5.41) is 6.61. The summed E-state index contributed by atoms with van der Waals surface area (Å²) in [6.07, 6.45) is 1.97. The first-order valence-corrected chi connectivity index (χ1v) is 7.25. The molecule has 1 N–H and O–H groups in total. The van der Waals surface area contributed by atoms with Gasteiger partial charge in [-0.2, -0.15) is 0 Å². The second-order valence-corrected chi connectivity index (χ2v) is 5.01. The number of nitrogens with zero attached hydrogens (tertiary/aromatic N) is 2. The summed E-state index contributed by atoms with van der Waals surface area (Å²) < 4.78 is 10.1. The molecule has 1 atom stereocenters. The van der Waals surface area contributed by atoms with E-state index < -0.39 is 0 Å². The molecule has 21 heavy (non-hydrogen) atoms. The standard InChI is InChI=1S/C14H21N3O4/c1-3-20-13(18)6-7-15-14(19)17-8-4-5-11(17)12-9-10(2)16-21-12/h9,11H,3-8H2,1-2H3,(H,15,19). The molecule has 2 heterocycles. The Morgan fingerprint density at radius 2 is 2.38 bits per heavy atom. The number of urea groups is 1. The fraction of sp³-hybridized carbons (Fsp3) is 0.643. The van der Waals surface area contributed by atoms with E-state index in [4.69, 9.17) is 9.26 Å². The normalized spacial score (nSPS) is 17.8. The van der Waals surface area contributed by atoms with Crippen LogP contribution in [0, 0.1) is 6.92 Å². The van der Waals surface area contributed by atoms with Gasteiger partial charge in [0.2, 0.25) is 0 Å². The molecule has 1 aliphatic rings. The monoisotopic (exact) mass is 295 g/mol. The van der Waals surface area contributed by atoms with Crippen molar-refractivity contribution in [1.29, 1.82) is 0 Å². The molecule has 0 spiro atoms. The van der Waals surface area contributed by atoms with Gasteiger partial charge in [-0.1, -0.05) is 5.16 Å². The van der Waals surface area contributed by atoms with Gasteiger partial charge in [-0.3, -0.25) is 4.79 Å². The minimum atomic E-state index is -0.304. The molecule has 1 aromatic rings. The van der Waals surface area contributed by atoms with Crippen LogP contribution in [-0.2, 0) is 9.53 Å². The van der Waals surface area contributed by atoms with Gasteiger partial charge >= 0.3 is 12.0 Å². The maximum atomic E-state index is 12.2. The maximum absolute atomic E-state index is 12.2. The molecule has 116 valence electrons. The number of carbonyl (C=O) groups is 2. The number of hydrogen-bond acceptors (Lipinski definition) is 5. The zero-order valence-corrected chi connectivity index (χ0v) is 12.4. The van der Waals surface area contributed by atoms with E-state index in [1.165, 1.54) is 0 Å². The smallest absolute Gasteiger partial charge is 0.318 e. The minimum absolute atomic E-state index is 0.0752. The van der Waals surface area contributed by atoms with Crippen LogP contribution in [0.3, 0.4) is 0 Å². The second kappa shape index (κ2) is 7.10. The van der Waals surface area contributed by atoms with Crippen LogP contribution in [0.25, 0.3) is 0 Å². The quantitative estimate of drug-likeness (QED) is 0.837. The van der Waals surface area contributed by atoms with E-state index in [1.54, 1.807) is 11.8 Å². The Kier molecular flexibility index (Phi) is 5.19. The topological polar surface area (TPSA) is 84.7 Å². The van der Waals surface area contributed by atoms with Crippen molar-refractivity contribution in [1.82, 2.24) is 15.4 Å². The molecule has 1 fully saturated rings. The van der Waals surface area contributed by atoms with Gasteiger partial charge < -0.3 is 19.5 Å². The predicted molar refractivity (Wildman–Crippen MR) is 74.6 cm³/mol. The Balaban J connectivity index is 1.85. The highest BCUT2D eigenvalue weighted by Crippen LogP contribution is 2.32. The molecule has 0 radical (unpaired) electrons. The maximum Gasteiger partial charge on any atom is 0.318 e. The summed E-state index contributed by atoms with van der Waals surface area (Å²) in [6, 6.07) is 1.60. The van der Waals surface area contributed by atoms with Crippen LogP contribution in [0.5, 0.6) is 0 Å². The highest BCUT2D eigenvalue weighted by atomic mass is 16.5. The fourth-order valence-electron chi connectivity index (χ4n) is 2.45.